The van der Waals surface area contributed by atoms with Crippen molar-refractivity contribution in [1.82, 2.24) is 0 Å². The second-order valence-electron chi connectivity index (χ2n) is 6.24. The molecule has 0 aliphatic heterocycles. The van der Waals surface area contributed by atoms with Crippen LogP contribution in [0.5, 0.6) is 0 Å². The predicted octanol–water partition coefficient (Wildman–Crippen LogP) is 5.90. The first kappa shape index (κ1) is 18.2. The van der Waals surface area contributed by atoms with Crippen LogP contribution in [0.4, 0.5) is 11.4 Å². The summed E-state index contributed by atoms with van der Waals surface area (Å²) in [6, 6.07) is 41.9. The molecule has 28 heavy (non-hydrogen) atoms. The Bertz CT molecular complexity index is 964. The van der Waals surface area contributed by atoms with Gasteiger partial charge in [0.25, 0.3) is 0 Å². The molecule has 0 heterocycles. The number of hydrogen-bond acceptors (Lipinski definition) is 1. The standard InChI is InChI=1S/C25H21N2P/c1-5-13-22(14-6-1)26-21-27(23-15-7-2-8-16-23)28(24-17-9-3-10-18-24)25-19-11-4-12-20-25/h1-21H/b26-21+. The van der Waals surface area contributed by atoms with Crippen LogP contribution < -0.4 is 15.3 Å². The summed E-state index contributed by atoms with van der Waals surface area (Å²) in [5.74, 6) is 0. The van der Waals surface area contributed by atoms with Crippen LogP contribution in [0.2, 0.25) is 0 Å². The smallest absolute Gasteiger partial charge is 0.0995 e. The molecular formula is C25H21N2P. The maximum absolute atomic E-state index is 4.77. The van der Waals surface area contributed by atoms with Crippen LogP contribution in [0.15, 0.2) is 126 Å². The van der Waals surface area contributed by atoms with Gasteiger partial charge in [-0.25, -0.2) is 4.99 Å². The fourth-order valence-electron chi connectivity index (χ4n) is 2.99. The topological polar surface area (TPSA) is 15.6 Å². The van der Waals surface area contributed by atoms with E-state index in [9.17, 15) is 0 Å². The van der Waals surface area contributed by atoms with Crippen LogP contribution in [0.1, 0.15) is 0 Å². The minimum absolute atomic E-state index is 0.803. The minimum atomic E-state index is -0.803. The molecular weight excluding hydrogens is 359 g/mol. The number of anilines is 1. The Morgan fingerprint density at radius 1 is 0.536 bits per heavy atom. The second-order valence-corrected chi connectivity index (χ2v) is 8.33. The van der Waals surface area contributed by atoms with Crippen molar-refractivity contribution in [2.45, 2.75) is 0 Å². The normalized spacial score (nSPS) is 11.0. The van der Waals surface area contributed by atoms with E-state index in [-0.39, 0.29) is 0 Å². The van der Waals surface area contributed by atoms with Crippen LogP contribution in [-0.4, -0.2) is 6.34 Å². The first-order valence-electron chi connectivity index (χ1n) is 9.25. The molecule has 3 heteroatoms. The summed E-state index contributed by atoms with van der Waals surface area (Å²) in [4.78, 5) is 4.77. The zero-order valence-electron chi connectivity index (χ0n) is 15.5. The van der Waals surface area contributed by atoms with Crippen molar-refractivity contribution >= 4 is 36.4 Å². The molecule has 0 spiro atoms. The number of benzene rings is 4. The fourth-order valence-corrected chi connectivity index (χ4v) is 5.21. The molecule has 0 saturated heterocycles. The zero-order valence-corrected chi connectivity index (χ0v) is 16.4. The van der Waals surface area contributed by atoms with Gasteiger partial charge in [-0.15, -0.1) is 0 Å². The van der Waals surface area contributed by atoms with Gasteiger partial charge in [0.05, 0.1) is 20.1 Å². The number of hydrogen-bond donors (Lipinski definition) is 0. The molecule has 0 aliphatic carbocycles. The summed E-state index contributed by atoms with van der Waals surface area (Å²) >= 11 is 0. The minimum Gasteiger partial charge on any atom is -0.302 e. The molecule has 0 radical (unpaired) electrons. The number of para-hydroxylation sites is 2. The number of rotatable bonds is 6. The van der Waals surface area contributed by atoms with Crippen LogP contribution in [0.25, 0.3) is 0 Å². The van der Waals surface area contributed by atoms with Crippen molar-refractivity contribution < 1.29 is 0 Å². The van der Waals surface area contributed by atoms with E-state index in [2.05, 4.69) is 89.6 Å². The summed E-state index contributed by atoms with van der Waals surface area (Å²) in [7, 11) is -0.803. The molecule has 0 N–H and O–H groups in total. The maximum Gasteiger partial charge on any atom is 0.0995 e. The highest BCUT2D eigenvalue weighted by Gasteiger charge is 2.21. The molecule has 0 fully saturated rings. The van der Waals surface area contributed by atoms with Crippen LogP contribution in [0, 0.1) is 0 Å². The van der Waals surface area contributed by atoms with Gasteiger partial charge in [-0.2, -0.15) is 0 Å². The van der Waals surface area contributed by atoms with E-state index in [0.717, 1.165) is 11.4 Å². The van der Waals surface area contributed by atoms with E-state index in [4.69, 9.17) is 4.99 Å². The Labute approximate surface area is 167 Å². The average molecular weight is 380 g/mol. The summed E-state index contributed by atoms with van der Waals surface area (Å²) in [5, 5.41) is 2.57. The molecule has 0 amide bonds. The lowest BCUT2D eigenvalue weighted by atomic mass is 10.3. The number of nitrogens with zero attached hydrogens (tertiary/aromatic N) is 2. The Morgan fingerprint density at radius 3 is 1.46 bits per heavy atom. The first-order valence-corrected chi connectivity index (χ1v) is 10.5. The molecule has 0 saturated carbocycles. The summed E-state index contributed by atoms with van der Waals surface area (Å²) < 4.78 is 2.30. The lowest BCUT2D eigenvalue weighted by Crippen LogP contribution is -2.27. The molecule has 4 aromatic rings. The lowest BCUT2D eigenvalue weighted by Gasteiger charge is -2.30. The monoisotopic (exact) mass is 380 g/mol. The molecule has 4 aromatic carbocycles. The average Bonchev–Trinajstić information content (AvgIpc) is 2.79. The van der Waals surface area contributed by atoms with E-state index >= 15 is 0 Å². The molecule has 0 aliphatic rings. The summed E-state index contributed by atoms with van der Waals surface area (Å²) in [6.45, 7) is 0. The highest BCUT2D eigenvalue weighted by atomic mass is 31.1. The molecule has 4 rings (SSSR count). The third-order valence-corrected chi connectivity index (χ3v) is 6.65. The van der Waals surface area contributed by atoms with Crippen molar-refractivity contribution in [3.8, 4) is 0 Å². The van der Waals surface area contributed by atoms with Gasteiger partial charge < -0.3 is 4.67 Å². The van der Waals surface area contributed by atoms with E-state index in [1.165, 1.54) is 10.6 Å². The molecule has 2 nitrogen and oxygen atoms in total. The van der Waals surface area contributed by atoms with Gasteiger partial charge in [-0.1, -0.05) is 97.1 Å². The molecule has 0 atom stereocenters. The lowest BCUT2D eigenvalue weighted by molar-refractivity contribution is 1.47. The quantitative estimate of drug-likeness (QED) is 0.231. The Balaban J connectivity index is 1.83. The van der Waals surface area contributed by atoms with Crippen molar-refractivity contribution in [2.24, 2.45) is 4.99 Å². The first-order chi connectivity index (χ1) is 13.9. The van der Waals surface area contributed by atoms with Crippen LogP contribution >= 0.6 is 8.07 Å². The highest BCUT2D eigenvalue weighted by molar-refractivity contribution is 7.75. The summed E-state index contributed by atoms with van der Waals surface area (Å²) in [5.41, 5.74) is 2.07. The van der Waals surface area contributed by atoms with E-state index in [0.29, 0.717) is 0 Å². The van der Waals surface area contributed by atoms with Crippen molar-refractivity contribution in [2.75, 3.05) is 4.67 Å². The third kappa shape index (κ3) is 4.36. The van der Waals surface area contributed by atoms with Crippen molar-refractivity contribution in [3.05, 3.63) is 121 Å². The van der Waals surface area contributed by atoms with E-state index in [1.54, 1.807) is 0 Å². The van der Waals surface area contributed by atoms with Gasteiger partial charge in [-0.05, 0) is 24.3 Å². The summed E-state index contributed by atoms with van der Waals surface area (Å²) in [6.07, 6.45) is 1.97. The van der Waals surface area contributed by atoms with Gasteiger partial charge in [0, 0.05) is 16.3 Å². The van der Waals surface area contributed by atoms with Crippen LogP contribution in [-0.2, 0) is 0 Å². The van der Waals surface area contributed by atoms with Gasteiger partial charge in [0.15, 0.2) is 0 Å². The Morgan fingerprint density at radius 2 is 0.964 bits per heavy atom. The zero-order chi connectivity index (χ0) is 19.0. The third-order valence-electron chi connectivity index (χ3n) is 4.31. The highest BCUT2D eigenvalue weighted by Crippen LogP contribution is 2.41. The largest absolute Gasteiger partial charge is 0.302 e. The van der Waals surface area contributed by atoms with Crippen molar-refractivity contribution in [3.63, 3.8) is 0 Å². The maximum atomic E-state index is 4.77. The second kappa shape index (κ2) is 9.12. The fraction of sp³-hybridized carbons (Fsp3) is 0. The SMILES string of the molecule is C(=N\c1ccccc1)/N(c1ccccc1)P(c1ccccc1)c1ccccc1. The van der Waals surface area contributed by atoms with Gasteiger partial charge in [-0.3, -0.25) is 0 Å². The Hall–Kier alpha value is -3.22. The Kier molecular flexibility index (Phi) is 5.92. The van der Waals surface area contributed by atoms with Crippen LogP contribution in [0.3, 0.4) is 0 Å². The van der Waals surface area contributed by atoms with Gasteiger partial charge >= 0.3 is 0 Å². The van der Waals surface area contributed by atoms with Gasteiger partial charge in [0.2, 0.25) is 0 Å². The van der Waals surface area contributed by atoms with E-state index in [1.807, 2.05) is 42.7 Å². The molecule has 0 unspecified atom stereocenters. The van der Waals surface area contributed by atoms with E-state index < -0.39 is 8.07 Å². The molecule has 0 aromatic heterocycles. The number of aliphatic imine (C=N–C) groups is 1. The van der Waals surface area contributed by atoms with Crippen molar-refractivity contribution in [1.29, 1.82) is 0 Å². The molecule has 0 bridgehead atoms. The predicted molar refractivity (Wildman–Crippen MR) is 123 cm³/mol. The van der Waals surface area contributed by atoms with Gasteiger partial charge in [0.1, 0.15) is 0 Å². The molecule has 136 valence electrons.